The molecule has 29 heavy (non-hydrogen) atoms. The van der Waals surface area contributed by atoms with Crippen LogP contribution in [0.5, 0.6) is 5.75 Å². The fourth-order valence-electron chi connectivity index (χ4n) is 2.72. The molecule has 0 atom stereocenters. The highest BCUT2D eigenvalue weighted by Gasteiger charge is 2.07. The molecule has 0 saturated carbocycles. The summed E-state index contributed by atoms with van der Waals surface area (Å²) >= 11 is 2.99. The van der Waals surface area contributed by atoms with Crippen molar-refractivity contribution >= 4 is 45.4 Å². The minimum absolute atomic E-state index is 0.173. The van der Waals surface area contributed by atoms with E-state index in [9.17, 15) is 4.79 Å². The first-order valence-corrected chi connectivity index (χ1v) is 10.7. The average molecular weight is 423 g/mol. The predicted molar refractivity (Wildman–Crippen MR) is 118 cm³/mol. The number of carbonyl (C=O) groups is 1. The molecule has 2 aromatic heterocycles. The first-order chi connectivity index (χ1) is 14.2. The van der Waals surface area contributed by atoms with Crippen LogP contribution in [-0.4, -0.2) is 34.5 Å². The highest BCUT2D eigenvalue weighted by molar-refractivity contribution is 8.01. The minimum Gasteiger partial charge on any atom is -0.497 e. The smallest absolute Gasteiger partial charge is 0.250 e. The predicted octanol–water partition coefficient (Wildman–Crippen LogP) is 4.34. The van der Waals surface area contributed by atoms with Gasteiger partial charge in [-0.05, 0) is 48.5 Å². The zero-order valence-electron chi connectivity index (χ0n) is 15.6. The Balaban J connectivity index is 1.34. The first kappa shape index (κ1) is 19.2. The number of ether oxygens (including phenoxy) is 1. The lowest BCUT2D eigenvalue weighted by molar-refractivity contribution is -0.118. The molecule has 1 N–H and O–H groups in total. The Bertz CT molecular complexity index is 1120. The number of nitrogens with zero attached hydrogens (tertiary/aromatic N) is 3. The van der Waals surface area contributed by atoms with E-state index in [1.54, 1.807) is 24.7 Å². The molecule has 4 aromatic rings. The monoisotopic (exact) mass is 422 g/mol. The summed E-state index contributed by atoms with van der Waals surface area (Å²) in [5.41, 5.74) is 5.37. The van der Waals surface area contributed by atoms with Gasteiger partial charge in [-0.25, -0.2) is 10.4 Å². The van der Waals surface area contributed by atoms with Crippen molar-refractivity contribution in [3.8, 4) is 11.4 Å². The summed E-state index contributed by atoms with van der Waals surface area (Å²) < 4.78 is 9.16. The van der Waals surface area contributed by atoms with E-state index in [1.807, 2.05) is 71.4 Å². The molecule has 0 radical (unpaired) electrons. The highest BCUT2D eigenvalue weighted by Crippen LogP contribution is 2.29. The maximum Gasteiger partial charge on any atom is 0.250 e. The Morgan fingerprint density at radius 2 is 2.03 bits per heavy atom. The number of carbonyl (C=O) groups excluding carboxylic acids is 1. The summed E-state index contributed by atoms with van der Waals surface area (Å²) in [7, 11) is 1.64. The van der Waals surface area contributed by atoms with Crippen LogP contribution in [0.15, 0.2) is 76.3 Å². The van der Waals surface area contributed by atoms with Crippen LogP contribution in [0.4, 0.5) is 0 Å². The van der Waals surface area contributed by atoms with Gasteiger partial charge in [-0.3, -0.25) is 4.79 Å². The van der Waals surface area contributed by atoms with Gasteiger partial charge in [-0.2, -0.15) is 5.10 Å². The molecule has 0 aliphatic rings. The molecule has 0 aliphatic carbocycles. The highest BCUT2D eigenvalue weighted by atomic mass is 32.2. The quantitative estimate of drug-likeness (QED) is 0.273. The number of rotatable bonds is 7. The zero-order valence-corrected chi connectivity index (χ0v) is 17.2. The van der Waals surface area contributed by atoms with Gasteiger partial charge in [0.25, 0.3) is 5.91 Å². The standard InChI is InChI=1S/C21H18N4O2S2/c1-27-17-10-8-15(9-11-17)25-12-4-5-16(25)13-22-24-20(26)14-28-21-23-18-6-2-3-7-19(18)29-21/h2-13H,14H2,1H3,(H,24,26)/b22-13+. The minimum atomic E-state index is -0.173. The third-order valence-corrected chi connectivity index (χ3v) is 6.30. The Hall–Kier alpha value is -3.10. The molecule has 0 fully saturated rings. The van der Waals surface area contributed by atoms with E-state index in [2.05, 4.69) is 15.5 Å². The molecule has 146 valence electrons. The number of amides is 1. The summed E-state index contributed by atoms with van der Waals surface area (Å²) in [6.07, 6.45) is 3.57. The van der Waals surface area contributed by atoms with Crippen LogP contribution in [0.25, 0.3) is 15.9 Å². The molecule has 0 unspecified atom stereocenters. The third-order valence-electron chi connectivity index (χ3n) is 4.12. The van der Waals surface area contributed by atoms with Crippen molar-refractivity contribution < 1.29 is 9.53 Å². The maximum atomic E-state index is 12.1. The molecule has 6 nitrogen and oxygen atoms in total. The number of para-hydroxylation sites is 1. The van der Waals surface area contributed by atoms with Crippen LogP contribution in [0.1, 0.15) is 5.69 Å². The molecule has 0 saturated heterocycles. The van der Waals surface area contributed by atoms with Gasteiger partial charge in [0.1, 0.15) is 5.75 Å². The van der Waals surface area contributed by atoms with Crippen LogP contribution in [-0.2, 0) is 4.79 Å². The number of hydrogen-bond donors (Lipinski definition) is 1. The van der Waals surface area contributed by atoms with Crippen LogP contribution in [0.2, 0.25) is 0 Å². The normalized spacial score (nSPS) is 11.2. The van der Waals surface area contributed by atoms with Gasteiger partial charge in [0.2, 0.25) is 0 Å². The topological polar surface area (TPSA) is 68.5 Å². The molecular weight excluding hydrogens is 404 g/mol. The summed E-state index contributed by atoms with van der Waals surface area (Å²) in [5, 5.41) is 4.09. The number of nitrogens with one attached hydrogen (secondary N) is 1. The zero-order chi connectivity index (χ0) is 20.1. The van der Waals surface area contributed by atoms with Gasteiger partial charge in [-0.15, -0.1) is 11.3 Å². The van der Waals surface area contributed by atoms with E-state index in [0.717, 1.165) is 31.7 Å². The van der Waals surface area contributed by atoms with Crippen molar-refractivity contribution in [1.82, 2.24) is 15.0 Å². The number of thiazole rings is 1. The maximum absolute atomic E-state index is 12.1. The molecule has 0 bridgehead atoms. The Morgan fingerprint density at radius 3 is 2.83 bits per heavy atom. The number of thioether (sulfide) groups is 1. The third kappa shape index (κ3) is 4.67. The second kappa shape index (κ2) is 8.93. The lowest BCUT2D eigenvalue weighted by atomic mass is 10.3. The molecule has 0 aliphatic heterocycles. The molecule has 0 spiro atoms. The Kier molecular flexibility index (Phi) is 5.92. The number of benzene rings is 2. The second-order valence-corrected chi connectivity index (χ2v) is 8.28. The number of aromatic nitrogens is 2. The van der Waals surface area contributed by atoms with Crippen molar-refractivity contribution in [3.63, 3.8) is 0 Å². The Labute approximate surface area is 176 Å². The second-order valence-electron chi connectivity index (χ2n) is 6.03. The average Bonchev–Trinajstić information content (AvgIpc) is 3.39. The van der Waals surface area contributed by atoms with Crippen LogP contribution >= 0.6 is 23.1 Å². The van der Waals surface area contributed by atoms with Gasteiger partial charge in [-0.1, -0.05) is 23.9 Å². The van der Waals surface area contributed by atoms with Crippen molar-refractivity contribution in [2.24, 2.45) is 5.10 Å². The van der Waals surface area contributed by atoms with Gasteiger partial charge in [0.15, 0.2) is 4.34 Å². The van der Waals surface area contributed by atoms with E-state index in [-0.39, 0.29) is 11.7 Å². The van der Waals surface area contributed by atoms with Crippen LogP contribution in [0.3, 0.4) is 0 Å². The Morgan fingerprint density at radius 1 is 1.21 bits per heavy atom. The van der Waals surface area contributed by atoms with Gasteiger partial charge in [0.05, 0.1) is 35.0 Å². The number of hydrogen-bond acceptors (Lipinski definition) is 6. The van der Waals surface area contributed by atoms with E-state index in [1.165, 1.54) is 11.8 Å². The van der Waals surface area contributed by atoms with Crippen molar-refractivity contribution in [1.29, 1.82) is 0 Å². The molecule has 8 heteroatoms. The van der Waals surface area contributed by atoms with E-state index in [0.29, 0.717) is 0 Å². The molecule has 4 rings (SSSR count). The molecular formula is C21H18N4O2S2. The van der Waals surface area contributed by atoms with E-state index < -0.39 is 0 Å². The van der Waals surface area contributed by atoms with E-state index >= 15 is 0 Å². The van der Waals surface area contributed by atoms with Gasteiger partial charge < -0.3 is 9.30 Å². The summed E-state index contributed by atoms with van der Waals surface area (Å²) in [5.74, 6) is 0.887. The van der Waals surface area contributed by atoms with Crippen molar-refractivity contribution in [2.75, 3.05) is 12.9 Å². The molecule has 2 heterocycles. The van der Waals surface area contributed by atoms with Crippen LogP contribution < -0.4 is 10.2 Å². The van der Waals surface area contributed by atoms with Gasteiger partial charge in [0, 0.05) is 11.9 Å². The number of methoxy groups -OCH3 is 1. The van der Waals surface area contributed by atoms with Crippen molar-refractivity contribution in [3.05, 3.63) is 72.6 Å². The summed E-state index contributed by atoms with van der Waals surface area (Å²) in [6, 6.07) is 19.5. The summed E-state index contributed by atoms with van der Waals surface area (Å²) in [4.78, 5) is 16.6. The first-order valence-electron chi connectivity index (χ1n) is 8.85. The summed E-state index contributed by atoms with van der Waals surface area (Å²) in [6.45, 7) is 0. The van der Waals surface area contributed by atoms with Gasteiger partial charge >= 0.3 is 0 Å². The fraction of sp³-hybridized carbons (Fsp3) is 0.0952. The van der Waals surface area contributed by atoms with Crippen LogP contribution in [0, 0.1) is 0 Å². The molecule has 2 aromatic carbocycles. The fourth-order valence-corrected chi connectivity index (χ4v) is 4.58. The SMILES string of the molecule is COc1ccc(-n2cccc2/C=N/NC(=O)CSc2nc3ccccc3s2)cc1. The van der Waals surface area contributed by atoms with E-state index in [4.69, 9.17) is 4.74 Å². The molecule has 1 amide bonds. The van der Waals surface area contributed by atoms with Crippen molar-refractivity contribution in [2.45, 2.75) is 4.34 Å². The number of hydrazone groups is 1. The lowest BCUT2D eigenvalue weighted by Crippen LogP contribution is -2.19. The lowest BCUT2D eigenvalue weighted by Gasteiger charge is -2.07. The number of fused-ring (bicyclic) bond motifs is 1. The largest absolute Gasteiger partial charge is 0.497 e.